The summed E-state index contributed by atoms with van der Waals surface area (Å²) < 4.78 is 19.1. The van der Waals surface area contributed by atoms with Gasteiger partial charge in [-0.15, -0.1) is 0 Å². The monoisotopic (exact) mass is 250 g/mol. The number of hydrogen-bond acceptors (Lipinski definition) is 1. The van der Waals surface area contributed by atoms with Gasteiger partial charge in [0.25, 0.3) is 0 Å². The molecule has 1 unspecified atom stereocenters. The van der Waals surface area contributed by atoms with Gasteiger partial charge in [-0.1, -0.05) is 26.0 Å². The largest absolute Gasteiger partial charge is 0.493 e. The van der Waals surface area contributed by atoms with Gasteiger partial charge in [-0.25, -0.2) is 4.39 Å². The maximum absolute atomic E-state index is 13.4. The number of hydrogen-bond donors (Lipinski definition) is 0. The molecule has 0 bridgehead atoms. The lowest BCUT2D eigenvalue weighted by molar-refractivity contribution is 0.311. The summed E-state index contributed by atoms with van der Waals surface area (Å²) in [5, 5.41) is 0. The second-order valence-electron chi connectivity index (χ2n) is 4.44. The predicted molar refractivity (Wildman–Crippen MR) is 74.6 cm³/mol. The zero-order valence-corrected chi connectivity index (χ0v) is 11.6. The molecule has 0 N–H and O–H groups in total. The maximum Gasteiger partial charge on any atom is 0.123 e. The summed E-state index contributed by atoms with van der Waals surface area (Å²) in [4.78, 5) is 0. The van der Waals surface area contributed by atoms with E-state index in [1.54, 1.807) is 12.1 Å². The van der Waals surface area contributed by atoms with Crippen molar-refractivity contribution in [3.8, 4) is 5.75 Å². The van der Waals surface area contributed by atoms with Gasteiger partial charge in [0.15, 0.2) is 0 Å². The minimum absolute atomic E-state index is 0.187. The van der Waals surface area contributed by atoms with Crippen LogP contribution in [-0.2, 0) is 0 Å². The molecule has 1 atom stereocenters. The average Bonchev–Trinajstić information content (AvgIpc) is 2.38. The zero-order valence-electron chi connectivity index (χ0n) is 11.6. The fourth-order valence-corrected chi connectivity index (χ4v) is 2.00. The minimum atomic E-state index is -0.187. The van der Waals surface area contributed by atoms with Crippen molar-refractivity contribution in [2.75, 3.05) is 6.61 Å². The quantitative estimate of drug-likeness (QED) is 0.613. The maximum atomic E-state index is 13.4. The Morgan fingerprint density at radius 3 is 2.72 bits per heavy atom. The second-order valence-corrected chi connectivity index (χ2v) is 4.44. The van der Waals surface area contributed by atoms with E-state index in [0.717, 1.165) is 30.6 Å². The molecule has 1 aromatic carbocycles. The zero-order chi connectivity index (χ0) is 13.4. The van der Waals surface area contributed by atoms with Crippen LogP contribution in [0.2, 0.25) is 0 Å². The lowest BCUT2D eigenvalue weighted by Crippen LogP contribution is -2.04. The molecule has 1 rings (SSSR count). The molecule has 0 spiro atoms. The Kier molecular flexibility index (Phi) is 6.48. The van der Waals surface area contributed by atoms with Crippen molar-refractivity contribution in [2.45, 2.75) is 46.0 Å². The Hall–Kier alpha value is -1.31. The Balaban J connectivity index is 2.97. The lowest BCUT2D eigenvalue weighted by atomic mass is 9.92. The first-order valence-corrected chi connectivity index (χ1v) is 6.76. The third kappa shape index (κ3) is 4.17. The van der Waals surface area contributed by atoms with Crippen LogP contribution in [-0.4, -0.2) is 6.61 Å². The third-order valence-electron chi connectivity index (χ3n) is 3.02. The van der Waals surface area contributed by atoms with Gasteiger partial charge in [-0.2, -0.15) is 0 Å². The molecule has 0 saturated heterocycles. The fraction of sp³-hybridized carbons (Fsp3) is 0.500. The standard InChI is InChI=1S/C16H23FO/c1-4-7-8-13(6-3)15-12-14(17)9-10-16(15)18-11-5-2/h4,7,9-10,12-13H,5-6,8,11H2,1-3H3/b7-4-. The number of benzene rings is 1. The summed E-state index contributed by atoms with van der Waals surface area (Å²) in [5.74, 6) is 0.964. The summed E-state index contributed by atoms with van der Waals surface area (Å²) in [7, 11) is 0. The van der Waals surface area contributed by atoms with Gasteiger partial charge in [0, 0.05) is 5.56 Å². The second kappa shape index (κ2) is 7.91. The Labute approximate surface area is 110 Å². The van der Waals surface area contributed by atoms with E-state index in [4.69, 9.17) is 4.74 Å². The third-order valence-corrected chi connectivity index (χ3v) is 3.02. The average molecular weight is 250 g/mol. The molecule has 100 valence electrons. The molecular formula is C16H23FO. The van der Waals surface area contributed by atoms with Crippen LogP contribution in [0.4, 0.5) is 4.39 Å². The first-order valence-electron chi connectivity index (χ1n) is 6.76. The van der Waals surface area contributed by atoms with E-state index in [1.807, 2.05) is 13.0 Å². The predicted octanol–water partition coefficient (Wildman–Crippen LogP) is 5.07. The number of rotatable bonds is 7. The molecule has 0 amide bonds. The van der Waals surface area contributed by atoms with E-state index in [-0.39, 0.29) is 5.82 Å². The summed E-state index contributed by atoms with van der Waals surface area (Å²) in [5.41, 5.74) is 0.990. The van der Waals surface area contributed by atoms with Crippen LogP contribution in [0.25, 0.3) is 0 Å². The van der Waals surface area contributed by atoms with Crippen molar-refractivity contribution in [3.05, 3.63) is 41.7 Å². The first-order chi connectivity index (χ1) is 8.72. The smallest absolute Gasteiger partial charge is 0.123 e. The first kappa shape index (κ1) is 14.7. The summed E-state index contributed by atoms with van der Waals surface area (Å²) in [6.45, 7) is 6.88. The molecule has 1 aromatic rings. The molecule has 0 aliphatic rings. The lowest BCUT2D eigenvalue weighted by Gasteiger charge is -2.18. The normalized spacial score (nSPS) is 12.9. The number of allylic oxidation sites excluding steroid dienone is 2. The van der Waals surface area contributed by atoms with Crippen LogP contribution in [0, 0.1) is 5.82 Å². The molecule has 0 radical (unpaired) electrons. The molecular weight excluding hydrogens is 227 g/mol. The van der Waals surface area contributed by atoms with Gasteiger partial charge >= 0.3 is 0 Å². The highest BCUT2D eigenvalue weighted by molar-refractivity contribution is 5.37. The molecule has 0 aliphatic heterocycles. The van der Waals surface area contributed by atoms with Gasteiger partial charge in [0.2, 0.25) is 0 Å². The summed E-state index contributed by atoms with van der Waals surface area (Å²) in [6, 6.07) is 4.83. The van der Waals surface area contributed by atoms with Gasteiger partial charge in [-0.3, -0.25) is 0 Å². The number of halogens is 1. The van der Waals surface area contributed by atoms with Gasteiger partial charge in [0.1, 0.15) is 11.6 Å². The van der Waals surface area contributed by atoms with Crippen LogP contribution in [0.3, 0.4) is 0 Å². The molecule has 0 saturated carbocycles. The van der Waals surface area contributed by atoms with E-state index < -0.39 is 0 Å². The fourth-order valence-electron chi connectivity index (χ4n) is 2.00. The molecule has 0 aromatic heterocycles. The molecule has 0 fully saturated rings. The van der Waals surface area contributed by atoms with Crippen LogP contribution in [0.5, 0.6) is 5.75 Å². The SMILES string of the molecule is C/C=C\CC(CC)c1cc(F)ccc1OCCC. The Morgan fingerprint density at radius 1 is 1.33 bits per heavy atom. The molecule has 1 nitrogen and oxygen atoms in total. The van der Waals surface area contributed by atoms with Crippen LogP contribution >= 0.6 is 0 Å². The van der Waals surface area contributed by atoms with Gasteiger partial charge in [-0.05, 0) is 50.3 Å². The summed E-state index contributed by atoms with van der Waals surface area (Å²) in [6.07, 6.45) is 7.04. The highest BCUT2D eigenvalue weighted by Crippen LogP contribution is 2.32. The molecule has 18 heavy (non-hydrogen) atoms. The van der Waals surface area contributed by atoms with Crippen molar-refractivity contribution < 1.29 is 9.13 Å². The van der Waals surface area contributed by atoms with Crippen molar-refractivity contribution >= 4 is 0 Å². The van der Waals surface area contributed by atoms with E-state index in [1.165, 1.54) is 6.07 Å². The minimum Gasteiger partial charge on any atom is -0.493 e. The van der Waals surface area contributed by atoms with Gasteiger partial charge < -0.3 is 4.74 Å². The van der Waals surface area contributed by atoms with Crippen molar-refractivity contribution in [2.24, 2.45) is 0 Å². The van der Waals surface area contributed by atoms with Crippen LogP contribution in [0.15, 0.2) is 30.4 Å². The number of ether oxygens (including phenoxy) is 1. The highest BCUT2D eigenvalue weighted by Gasteiger charge is 2.14. The van der Waals surface area contributed by atoms with Crippen molar-refractivity contribution in [1.82, 2.24) is 0 Å². The van der Waals surface area contributed by atoms with E-state index in [2.05, 4.69) is 19.9 Å². The van der Waals surface area contributed by atoms with Crippen LogP contribution in [0.1, 0.15) is 51.5 Å². The van der Waals surface area contributed by atoms with E-state index in [9.17, 15) is 4.39 Å². The van der Waals surface area contributed by atoms with Crippen molar-refractivity contribution in [1.29, 1.82) is 0 Å². The topological polar surface area (TPSA) is 9.23 Å². The van der Waals surface area contributed by atoms with Gasteiger partial charge in [0.05, 0.1) is 6.61 Å². The highest BCUT2D eigenvalue weighted by atomic mass is 19.1. The van der Waals surface area contributed by atoms with Crippen LogP contribution < -0.4 is 4.74 Å². The molecule has 2 heteroatoms. The Bertz CT molecular complexity index is 385. The Morgan fingerprint density at radius 2 is 2.11 bits per heavy atom. The van der Waals surface area contributed by atoms with Crippen molar-refractivity contribution in [3.63, 3.8) is 0 Å². The summed E-state index contributed by atoms with van der Waals surface area (Å²) >= 11 is 0. The molecule has 0 aliphatic carbocycles. The molecule has 0 heterocycles. The van der Waals surface area contributed by atoms with E-state index in [0.29, 0.717) is 12.5 Å². The van der Waals surface area contributed by atoms with E-state index >= 15 is 0 Å².